The average molecular weight is 366 g/mol. The summed E-state index contributed by atoms with van der Waals surface area (Å²) in [5, 5.41) is 3.99. The molecule has 7 heteroatoms. The van der Waals surface area contributed by atoms with Crippen LogP contribution in [-0.2, 0) is 11.3 Å². The molecule has 136 valence electrons. The summed E-state index contributed by atoms with van der Waals surface area (Å²) in [6, 6.07) is 3.86. The molecule has 2 saturated heterocycles. The van der Waals surface area contributed by atoms with Gasteiger partial charge in [0.15, 0.2) is 17.5 Å². The summed E-state index contributed by atoms with van der Waals surface area (Å²) in [5.74, 6) is 2.29. The topological polar surface area (TPSA) is 55.3 Å². The first-order valence-corrected chi connectivity index (χ1v) is 9.26. The number of guanidine groups is 1. The third kappa shape index (κ3) is 3.37. The molecule has 0 amide bonds. The van der Waals surface area contributed by atoms with Crippen molar-refractivity contribution in [1.29, 1.82) is 0 Å². The van der Waals surface area contributed by atoms with Crippen LogP contribution in [0.2, 0.25) is 5.02 Å². The van der Waals surface area contributed by atoms with Gasteiger partial charge in [-0.15, -0.1) is 0 Å². The molecule has 1 spiro atoms. The number of nitrogens with zero attached hydrogens (tertiary/aromatic N) is 2. The van der Waals surface area contributed by atoms with Gasteiger partial charge in [-0.3, -0.25) is 0 Å². The number of rotatable bonds is 3. The summed E-state index contributed by atoms with van der Waals surface area (Å²) in [4.78, 5) is 7.18. The van der Waals surface area contributed by atoms with Crippen LogP contribution in [0.4, 0.5) is 0 Å². The fraction of sp³-hybridized carbons (Fsp3) is 0.611. The van der Waals surface area contributed by atoms with Gasteiger partial charge in [0.2, 0.25) is 6.79 Å². The monoisotopic (exact) mass is 365 g/mol. The Kier molecular flexibility index (Phi) is 4.65. The SMILES string of the molecule is CCNC(=NCc1cc(Cl)c2c(c1)OCO2)N1CCC2(CCOC2)C1. The summed E-state index contributed by atoms with van der Waals surface area (Å²) in [6.45, 7) is 7.52. The van der Waals surface area contributed by atoms with Gasteiger partial charge in [0.05, 0.1) is 18.2 Å². The summed E-state index contributed by atoms with van der Waals surface area (Å²) in [6.07, 6.45) is 2.33. The van der Waals surface area contributed by atoms with Gasteiger partial charge in [0.1, 0.15) is 0 Å². The molecule has 1 unspecified atom stereocenters. The molecule has 2 fully saturated rings. The van der Waals surface area contributed by atoms with Crippen LogP contribution < -0.4 is 14.8 Å². The van der Waals surface area contributed by atoms with E-state index in [1.54, 1.807) is 0 Å². The van der Waals surface area contributed by atoms with Crippen molar-refractivity contribution in [2.45, 2.75) is 26.3 Å². The van der Waals surface area contributed by atoms with E-state index in [0.29, 0.717) is 28.5 Å². The average Bonchev–Trinajstić information content (AvgIpc) is 3.34. The van der Waals surface area contributed by atoms with E-state index in [1.807, 2.05) is 12.1 Å². The lowest BCUT2D eigenvalue weighted by molar-refractivity contribution is 0.156. The van der Waals surface area contributed by atoms with Crippen molar-refractivity contribution >= 4 is 17.6 Å². The molecule has 1 atom stereocenters. The first-order valence-electron chi connectivity index (χ1n) is 8.88. The fourth-order valence-corrected chi connectivity index (χ4v) is 4.08. The Morgan fingerprint density at radius 2 is 2.28 bits per heavy atom. The summed E-state index contributed by atoms with van der Waals surface area (Å²) in [5.41, 5.74) is 1.33. The van der Waals surface area contributed by atoms with Gasteiger partial charge >= 0.3 is 0 Å². The molecule has 1 aromatic carbocycles. The number of fused-ring (bicyclic) bond motifs is 1. The van der Waals surface area contributed by atoms with E-state index in [2.05, 4.69) is 17.1 Å². The summed E-state index contributed by atoms with van der Waals surface area (Å²) in [7, 11) is 0. The fourth-order valence-electron chi connectivity index (χ4n) is 3.79. The van der Waals surface area contributed by atoms with Crippen molar-refractivity contribution in [3.8, 4) is 11.5 Å². The lowest BCUT2D eigenvalue weighted by Gasteiger charge is -2.25. The zero-order chi connectivity index (χ0) is 17.3. The van der Waals surface area contributed by atoms with Crippen LogP contribution in [0, 0.1) is 5.41 Å². The van der Waals surface area contributed by atoms with Crippen LogP contribution in [0.25, 0.3) is 0 Å². The molecule has 6 nitrogen and oxygen atoms in total. The van der Waals surface area contributed by atoms with E-state index < -0.39 is 0 Å². The second-order valence-corrected chi connectivity index (χ2v) is 7.36. The number of likely N-dealkylation sites (tertiary alicyclic amines) is 1. The Morgan fingerprint density at radius 1 is 1.36 bits per heavy atom. The minimum absolute atomic E-state index is 0.225. The lowest BCUT2D eigenvalue weighted by atomic mass is 9.87. The quantitative estimate of drug-likeness (QED) is 0.659. The maximum atomic E-state index is 6.27. The van der Waals surface area contributed by atoms with Crippen LogP contribution >= 0.6 is 11.6 Å². The number of hydrogen-bond donors (Lipinski definition) is 1. The lowest BCUT2D eigenvalue weighted by Crippen LogP contribution is -2.41. The zero-order valence-corrected chi connectivity index (χ0v) is 15.3. The molecule has 3 aliphatic rings. The first kappa shape index (κ1) is 16.8. The third-order valence-corrected chi connectivity index (χ3v) is 5.44. The normalized spacial score (nSPS) is 25.2. The number of nitrogens with one attached hydrogen (secondary N) is 1. The first-order chi connectivity index (χ1) is 12.2. The standard InChI is InChI=1S/C18H24ClN3O3/c1-2-20-17(22-5-3-18(10-22)4-6-23-11-18)21-9-13-7-14(19)16-15(8-13)24-12-25-16/h7-8H,2-6,9-12H2,1H3,(H,20,21). The molecule has 0 aromatic heterocycles. The molecular weight excluding hydrogens is 342 g/mol. The Hall–Kier alpha value is -1.66. The van der Waals surface area contributed by atoms with Crippen LogP contribution in [-0.4, -0.2) is 50.5 Å². The molecule has 0 radical (unpaired) electrons. The predicted molar refractivity (Wildman–Crippen MR) is 96.4 cm³/mol. The number of halogens is 1. The Labute approximate surface area is 153 Å². The molecule has 25 heavy (non-hydrogen) atoms. The highest BCUT2D eigenvalue weighted by Crippen LogP contribution is 2.40. The molecule has 3 heterocycles. The van der Waals surface area contributed by atoms with E-state index in [4.69, 9.17) is 30.8 Å². The van der Waals surface area contributed by atoms with Crippen LogP contribution in [0.5, 0.6) is 11.5 Å². The molecular formula is C18H24ClN3O3. The van der Waals surface area contributed by atoms with Gasteiger partial charge in [0, 0.05) is 31.7 Å². The van der Waals surface area contributed by atoms with Gasteiger partial charge in [-0.25, -0.2) is 4.99 Å². The Morgan fingerprint density at radius 3 is 3.08 bits per heavy atom. The summed E-state index contributed by atoms with van der Waals surface area (Å²) < 4.78 is 16.4. The van der Waals surface area contributed by atoms with E-state index in [1.165, 1.54) is 6.42 Å². The predicted octanol–water partition coefficient (Wildman–Crippen LogP) is 2.65. The molecule has 1 N–H and O–H groups in total. The smallest absolute Gasteiger partial charge is 0.231 e. The van der Waals surface area contributed by atoms with Crippen molar-refractivity contribution in [2.75, 3.05) is 39.6 Å². The van der Waals surface area contributed by atoms with E-state index in [9.17, 15) is 0 Å². The molecule has 0 saturated carbocycles. The maximum absolute atomic E-state index is 6.27. The van der Waals surface area contributed by atoms with E-state index in [0.717, 1.165) is 50.8 Å². The zero-order valence-electron chi connectivity index (χ0n) is 14.5. The van der Waals surface area contributed by atoms with E-state index >= 15 is 0 Å². The molecule has 0 aliphatic carbocycles. The van der Waals surface area contributed by atoms with Crippen LogP contribution in [0.1, 0.15) is 25.3 Å². The number of ether oxygens (including phenoxy) is 3. The van der Waals surface area contributed by atoms with Crippen LogP contribution in [0.15, 0.2) is 17.1 Å². The van der Waals surface area contributed by atoms with Crippen molar-refractivity contribution in [3.05, 3.63) is 22.7 Å². The minimum atomic E-state index is 0.225. The van der Waals surface area contributed by atoms with E-state index in [-0.39, 0.29) is 6.79 Å². The number of hydrogen-bond acceptors (Lipinski definition) is 4. The van der Waals surface area contributed by atoms with Gasteiger partial charge in [0.25, 0.3) is 0 Å². The molecule has 1 aromatic rings. The second-order valence-electron chi connectivity index (χ2n) is 6.96. The Bertz CT molecular complexity index is 674. The molecule has 3 aliphatic heterocycles. The van der Waals surface area contributed by atoms with Crippen molar-refractivity contribution < 1.29 is 14.2 Å². The number of benzene rings is 1. The van der Waals surface area contributed by atoms with Gasteiger partial charge in [-0.05, 0) is 37.5 Å². The largest absolute Gasteiger partial charge is 0.454 e. The maximum Gasteiger partial charge on any atom is 0.231 e. The Balaban J connectivity index is 1.48. The minimum Gasteiger partial charge on any atom is -0.454 e. The highest BCUT2D eigenvalue weighted by atomic mass is 35.5. The molecule has 0 bridgehead atoms. The van der Waals surface area contributed by atoms with Crippen molar-refractivity contribution in [2.24, 2.45) is 10.4 Å². The van der Waals surface area contributed by atoms with Crippen LogP contribution in [0.3, 0.4) is 0 Å². The third-order valence-electron chi connectivity index (χ3n) is 5.16. The van der Waals surface area contributed by atoms with Gasteiger partial charge in [-0.1, -0.05) is 11.6 Å². The summed E-state index contributed by atoms with van der Waals surface area (Å²) >= 11 is 6.27. The highest BCUT2D eigenvalue weighted by Gasteiger charge is 2.42. The highest BCUT2D eigenvalue weighted by molar-refractivity contribution is 6.32. The molecule has 4 rings (SSSR count). The van der Waals surface area contributed by atoms with Crippen molar-refractivity contribution in [1.82, 2.24) is 10.2 Å². The number of aliphatic imine (C=N–C) groups is 1. The van der Waals surface area contributed by atoms with Gasteiger partial charge in [-0.2, -0.15) is 0 Å². The second kappa shape index (κ2) is 6.92. The van der Waals surface area contributed by atoms with Gasteiger partial charge < -0.3 is 24.4 Å². The van der Waals surface area contributed by atoms with Crippen molar-refractivity contribution in [3.63, 3.8) is 0 Å².